The van der Waals surface area contributed by atoms with Crippen LogP contribution in [-0.2, 0) is 21.2 Å². The highest BCUT2D eigenvalue weighted by atomic mass is 32.2. The summed E-state index contributed by atoms with van der Waals surface area (Å²) in [5.41, 5.74) is 2.02. The average Bonchev–Trinajstić information content (AvgIpc) is 2.65. The van der Waals surface area contributed by atoms with E-state index in [0.29, 0.717) is 18.5 Å². The summed E-state index contributed by atoms with van der Waals surface area (Å²) < 4.78 is 37.9. The van der Waals surface area contributed by atoms with Crippen molar-refractivity contribution in [2.45, 2.75) is 44.6 Å². The maximum atomic E-state index is 12.5. The summed E-state index contributed by atoms with van der Waals surface area (Å²) in [6, 6.07) is 12.2. The molecule has 0 aromatic heterocycles. The van der Waals surface area contributed by atoms with Crippen molar-refractivity contribution < 1.29 is 22.7 Å². The normalized spacial score (nSPS) is 11.5. The minimum Gasteiger partial charge on any atom is -0.491 e. The van der Waals surface area contributed by atoms with Gasteiger partial charge in [-0.25, -0.2) is 17.9 Å². The van der Waals surface area contributed by atoms with Crippen LogP contribution in [0.15, 0.2) is 47.4 Å². The van der Waals surface area contributed by atoms with E-state index < -0.39 is 16.0 Å². The summed E-state index contributed by atoms with van der Waals surface area (Å²) in [7, 11) is -2.43. The molecule has 7 heteroatoms. The Morgan fingerprint density at radius 3 is 2.39 bits per heavy atom. The molecule has 0 aliphatic rings. The number of aryl methyl sites for hydroxylation is 2. The first-order valence-corrected chi connectivity index (χ1v) is 10.7. The molecule has 0 bridgehead atoms. The largest absolute Gasteiger partial charge is 0.491 e. The van der Waals surface area contributed by atoms with Gasteiger partial charge in [-0.2, -0.15) is 0 Å². The van der Waals surface area contributed by atoms with E-state index in [1.807, 2.05) is 38.1 Å². The van der Waals surface area contributed by atoms with Crippen LogP contribution in [0.5, 0.6) is 5.75 Å². The van der Waals surface area contributed by atoms with Crippen LogP contribution in [0.25, 0.3) is 0 Å². The molecule has 0 radical (unpaired) electrons. The SMILES string of the molecule is COC(=O)c1cc(S(=O)(=O)NCCCc2ccc(OC(C)C)cc2)ccc1C. The van der Waals surface area contributed by atoms with Gasteiger partial charge < -0.3 is 9.47 Å². The van der Waals surface area contributed by atoms with Gasteiger partial charge in [0, 0.05) is 6.54 Å². The van der Waals surface area contributed by atoms with E-state index in [1.54, 1.807) is 13.0 Å². The van der Waals surface area contributed by atoms with Gasteiger partial charge in [0.25, 0.3) is 0 Å². The first kappa shape index (κ1) is 21.9. The Kier molecular flexibility index (Phi) is 7.60. The van der Waals surface area contributed by atoms with Crippen molar-refractivity contribution in [3.8, 4) is 5.75 Å². The highest BCUT2D eigenvalue weighted by molar-refractivity contribution is 7.89. The lowest BCUT2D eigenvalue weighted by Gasteiger charge is -2.11. The van der Waals surface area contributed by atoms with Crippen LogP contribution in [-0.4, -0.2) is 34.1 Å². The zero-order chi connectivity index (χ0) is 20.7. The van der Waals surface area contributed by atoms with E-state index in [0.717, 1.165) is 17.7 Å². The summed E-state index contributed by atoms with van der Waals surface area (Å²) in [6.07, 6.45) is 1.52. The number of hydrogen-bond acceptors (Lipinski definition) is 5. The molecule has 0 fully saturated rings. The standard InChI is InChI=1S/C21H27NO5S/c1-15(2)27-18-10-8-17(9-11-18)6-5-13-22-28(24,25)19-12-7-16(3)20(14-19)21(23)26-4/h7-12,14-15,22H,5-6,13H2,1-4H3. The predicted octanol–water partition coefficient (Wildman–Crippen LogP) is 3.48. The van der Waals surface area contributed by atoms with Crippen LogP contribution >= 0.6 is 0 Å². The van der Waals surface area contributed by atoms with Gasteiger partial charge in [-0.3, -0.25) is 0 Å². The molecule has 2 aromatic carbocycles. The Hall–Kier alpha value is -2.38. The van der Waals surface area contributed by atoms with E-state index in [1.165, 1.54) is 19.2 Å². The maximum absolute atomic E-state index is 12.5. The van der Waals surface area contributed by atoms with Crippen molar-refractivity contribution in [2.75, 3.05) is 13.7 Å². The summed E-state index contributed by atoms with van der Waals surface area (Å²) >= 11 is 0. The highest BCUT2D eigenvalue weighted by Gasteiger charge is 2.18. The van der Waals surface area contributed by atoms with Gasteiger partial charge >= 0.3 is 5.97 Å². The quantitative estimate of drug-likeness (QED) is 0.510. The fourth-order valence-corrected chi connectivity index (χ4v) is 3.79. The molecule has 0 aliphatic heterocycles. The number of esters is 1. The second-order valence-corrected chi connectivity index (χ2v) is 8.55. The lowest BCUT2D eigenvalue weighted by atomic mass is 10.1. The molecule has 6 nitrogen and oxygen atoms in total. The fourth-order valence-electron chi connectivity index (χ4n) is 2.69. The van der Waals surface area contributed by atoms with Crippen LogP contribution in [0, 0.1) is 6.92 Å². The number of hydrogen-bond donors (Lipinski definition) is 1. The topological polar surface area (TPSA) is 81.7 Å². The molecule has 1 N–H and O–H groups in total. The number of nitrogens with one attached hydrogen (secondary N) is 1. The molecule has 0 amide bonds. The van der Waals surface area contributed by atoms with Gasteiger partial charge in [-0.05, 0) is 69.0 Å². The molecule has 28 heavy (non-hydrogen) atoms. The summed E-state index contributed by atoms with van der Waals surface area (Å²) in [5.74, 6) is 0.264. The van der Waals surface area contributed by atoms with Gasteiger partial charge in [0.15, 0.2) is 0 Å². The number of carbonyl (C=O) groups excluding carboxylic acids is 1. The van der Waals surface area contributed by atoms with Gasteiger partial charge in [0.2, 0.25) is 10.0 Å². The summed E-state index contributed by atoms with van der Waals surface area (Å²) in [6.45, 7) is 5.98. The number of benzene rings is 2. The first-order valence-electron chi connectivity index (χ1n) is 9.17. The van der Waals surface area contributed by atoms with E-state index in [4.69, 9.17) is 9.47 Å². The zero-order valence-corrected chi connectivity index (χ0v) is 17.5. The Morgan fingerprint density at radius 2 is 1.79 bits per heavy atom. The number of methoxy groups -OCH3 is 1. The second kappa shape index (κ2) is 9.71. The fraction of sp³-hybridized carbons (Fsp3) is 0.381. The monoisotopic (exact) mass is 405 g/mol. The first-order chi connectivity index (χ1) is 13.2. The van der Waals surface area contributed by atoms with Crippen molar-refractivity contribution in [2.24, 2.45) is 0 Å². The van der Waals surface area contributed by atoms with Crippen LogP contribution in [0.3, 0.4) is 0 Å². The summed E-state index contributed by atoms with van der Waals surface area (Å²) in [4.78, 5) is 11.8. The Balaban J connectivity index is 1.92. The third-order valence-electron chi connectivity index (χ3n) is 4.15. The summed E-state index contributed by atoms with van der Waals surface area (Å²) in [5, 5.41) is 0. The molecule has 2 rings (SSSR count). The molecule has 0 atom stereocenters. The van der Waals surface area contributed by atoms with Crippen molar-refractivity contribution in [1.82, 2.24) is 4.72 Å². The van der Waals surface area contributed by atoms with Gasteiger partial charge in [0.1, 0.15) is 5.75 Å². The lowest BCUT2D eigenvalue weighted by Crippen LogP contribution is -2.25. The Bertz CT molecular complexity index is 905. The predicted molar refractivity (Wildman–Crippen MR) is 108 cm³/mol. The molecule has 0 saturated carbocycles. The number of sulfonamides is 1. The average molecular weight is 406 g/mol. The molecule has 0 heterocycles. The molecule has 0 spiro atoms. The van der Waals surface area contributed by atoms with Gasteiger partial charge in [-0.1, -0.05) is 18.2 Å². The molecule has 0 aliphatic carbocycles. The van der Waals surface area contributed by atoms with Crippen LogP contribution in [0.4, 0.5) is 0 Å². The van der Waals surface area contributed by atoms with Crippen molar-refractivity contribution in [1.29, 1.82) is 0 Å². The molecule has 2 aromatic rings. The second-order valence-electron chi connectivity index (χ2n) is 6.78. The van der Waals surface area contributed by atoms with Gasteiger partial charge in [0.05, 0.1) is 23.7 Å². The smallest absolute Gasteiger partial charge is 0.338 e. The van der Waals surface area contributed by atoms with E-state index >= 15 is 0 Å². The minimum absolute atomic E-state index is 0.0497. The Labute approximate surface area is 166 Å². The van der Waals surface area contributed by atoms with Crippen LogP contribution in [0.2, 0.25) is 0 Å². The third-order valence-corrected chi connectivity index (χ3v) is 5.61. The van der Waals surface area contributed by atoms with Crippen molar-refractivity contribution >= 4 is 16.0 Å². The van der Waals surface area contributed by atoms with E-state index in [-0.39, 0.29) is 16.6 Å². The number of carbonyl (C=O) groups is 1. The number of rotatable bonds is 9. The van der Waals surface area contributed by atoms with Crippen LogP contribution < -0.4 is 9.46 Å². The van der Waals surface area contributed by atoms with E-state index in [2.05, 4.69) is 4.72 Å². The maximum Gasteiger partial charge on any atom is 0.338 e. The molecule has 0 saturated heterocycles. The van der Waals surface area contributed by atoms with Crippen molar-refractivity contribution in [3.05, 3.63) is 59.2 Å². The highest BCUT2D eigenvalue weighted by Crippen LogP contribution is 2.17. The molecular formula is C21H27NO5S. The van der Waals surface area contributed by atoms with Crippen LogP contribution in [0.1, 0.15) is 41.8 Å². The molecule has 152 valence electrons. The molecule has 0 unspecified atom stereocenters. The third kappa shape index (κ3) is 6.07. The number of ether oxygens (including phenoxy) is 2. The zero-order valence-electron chi connectivity index (χ0n) is 16.7. The van der Waals surface area contributed by atoms with Crippen molar-refractivity contribution in [3.63, 3.8) is 0 Å². The molecular weight excluding hydrogens is 378 g/mol. The Morgan fingerprint density at radius 1 is 1.11 bits per heavy atom. The van der Waals surface area contributed by atoms with E-state index in [9.17, 15) is 13.2 Å². The van der Waals surface area contributed by atoms with Gasteiger partial charge in [-0.15, -0.1) is 0 Å². The lowest BCUT2D eigenvalue weighted by molar-refractivity contribution is 0.0599. The minimum atomic E-state index is -3.69.